The van der Waals surface area contributed by atoms with Crippen LogP contribution in [0.25, 0.3) is 0 Å². The van der Waals surface area contributed by atoms with Crippen LogP contribution in [0.2, 0.25) is 0 Å². The van der Waals surface area contributed by atoms with Gasteiger partial charge in [-0.05, 0) is 67.7 Å². The lowest BCUT2D eigenvalue weighted by molar-refractivity contribution is 0.202. The van der Waals surface area contributed by atoms with Crippen LogP contribution in [0.3, 0.4) is 0 Å². The summed E-state index contributed by atoms with van der Waals surface area (Å²) in [6, 6.07) is 13.8. The molecule has 1 aliphatic heterocycles. The van der Waals surface area contributed by atoms with Gasteiger partial charge in [-0.3, -0.25) is 0 Å². The van der Waals surface area contributed by atoms with E-state index in [2.05, 4.69) is 35.8 Å². The molecule has 3 N–H and O–H groups in total. The summed E-state index contributed by atoms with van der Waals surface area (Å²) in [6.45, 7) is 4.93. The summed E-state index contributed by atoms with van der Waals surface area (Å²) in [5.41, 5.74) is 3.67. The lowest BCUT2D eigenvalue weighted by atomic mass is 10.1. The Bertz CT molecular complexity index is 655. The molecule has 3 rings (SSSR count). The number of phenolic OH excluding ortho intramolecular Hbond substituents is 1. The first-order valence-corrected chi connectivity index (χ1v) is 8.76. The smallest absolute Gasteiger partial charge is 0.142 e. The number of ether oxygens (including phenoxy) is 1. The third kappa shape index (κ3) is 4.42. The Morgan fingerprint density at radius 2 is 1.79 bits per heavy atom. The topological polar surface area (TPSA) is 53.5 Å². The van der Waals surface area contributed by atoms with Gasteiger partial charge in [0.2, 0.25) is 0 Å². The number of aromatic hydroxyl groups is 1. The van der Waals surface area contributed by atoms with Gasteiger partial charge in [0.15, 0.2) is 0 Å². The maximum Gasteiger partial charge on any atom is 0.142 e. The molecule has 1 aliphatic rings. The molecule has 0 saturated heterocycles. The largest absolute Gasteiger partial charge is 0.508 e. The van der Waals surface area contributed by atoms with E-state index in [9.17, 15) is 5.11 Å². The number of rotatable bonds is 7. The van der Waals surface area contributed by atoms with Crippen molar-refractivity contribution >= 4 is 5.69 Å². The first kappa shape index (κ1) is 16.7. The lowest BCUT2D eigenvalue weighted by Crippen LogP contribution is -2.30. The number of anilines is 1. The van der Waals surface area contributed by atoms with Crippen molar-refractivity contribution in [1.82, 2.24) is 5.32 Å². The fourth-order valence-corrected chi connectivity index (χ4v) is 2.90. The quantitative estimate of drug-likeness (QED) is 0.683. The molecule has 0 saturated carbocycles. The highest BCUT2D eigenvalue weighted by molar-refractivity contribution is 5.59. The Morgan fingerprint density at radius 3 is 2.54 bits per heavy atom. The fraction of sp³-hybridized carbons (Fsp3) is 0.400. The molecule has 0 aliphatic carbocycles. The van der Waals surface area contributed by atoms with Crippen LogP contribution in [0.5, 0.6) is 11.5 Å². The molecule has 0 amide bonds. The van der Waals surface area contributed by atoms with E-state index in [4.69, 9.17) is 4.74 Å². The van der Waals surface area contributed by atoms with E-state index >= 15 is 0 Å². The highest BCUT2D eigenvalue weighted by atomic mass is 16.5. The fourth-order valence-electron chi connectivity index (χ4n) is 2.90. The highest BCUT2D eigenvalue weighted by Crippen LogP contribution is 2.30. The van der Waals surface area contributed by atoms with E-state index in [-0.39, 0.29) is 6.10 Å². The Morgan fingerprint density at radius 1 is 1.08 bits per heavy atom. The molecule has 24 heavy (non-hydrogen) atoms. The van der Waals surface area contributed by atoms with Gasteiger partial charge in [-0.25, -0.2) is 0 Å². The Kier molecular flexibility index (Phi) is 5.59. The molecular weight excluding hydrogens is 300 g/mol. The SMILES string of the molecule is CCC1CNc2cc(CCNCCc3ccc(O)cc3)ccc2O1. The van der Waals surface area contributed by atoms with Crippen molar-refractivity contribution in [3.8, 4) is 11.5 Å². The molecule has 0 radical (unpaired) electrons. The summed E-state index contributed by atoms with van der Waals surface area (Å²) in [4.78, 5) is 0. The molecule has 4 heteroatoms. The average Bonchev–Trinajstić information content (AvgIpc) is 2.62. The maximum absolute atomic E-state index is 9.28. The predicted molar refractivity (Wildman–Crippen MR) is 98.0 cm³/mol. The molecular formula is C20H26N2O2. The van der Waals surface area contributed by atoms with Crippen LogP contribution in [-0.4, -0.2) is 30.8 Å². The molecule has 4 nitrogen and oxygen atoms in total. The predicted octanol–water partition coefficient (Wildman–Crippen LogP) is 3.35. The second kappa shape index (κ2) is 8.06. The lowest BCUT2D eigenvalue weighted by Gasteiger charge is -2.27. The van der Waals surface area contributed by atoms with Crippen LogP contribution in [0, 0.1) is 0 Å². The molecule has 1 atom stereocenters. The molecule has 0 aromatic heterocycles. The van der Waals surface area contributed by atoms with Crippen LogP contribution in [0.15, 0.2) is 42.5 Å². The van der Waals surface area contributed by atoms with E-state index in [0.29, 0.717) is 5.75 Å². The molecule has 0 spiro atoms. The van der Waals surface area contributed by atoms with Gasteiger partial charge in [0.1, 0.15) is 17.6 Å². The zero-order valence-corrected chi connectivity index (χ0v) is 14.2. The summed E-state index contributed by atoms with van der Waals surface area (Å²) >= 11 is 0. The second-order valence-electron chi connectivity index (χ2n) is 6.28. The number of hydrogen-bond acceptors (Lipinski definition) is 4. The minimum absolute atomic E-state index is 0.282. The summed E-state index contributed by atoms with van der Waals surface area (Å²) in [5, 5.41) is 16.2. The van der Waals surface area contributed by atoms with Gasteiger partial charge in [-0.15, -0.1) is 0 Å². The average molecular weight is 326 g/mol. The molecule has 0 fully saturated rings. The zero-order valence-electron chi connectivity index (χ0n) is 14.2. The molecule has 2 aromatic rings. The van der Waals surface area contributed by atoms with Crippen LogP contribution in [0.1, 0.15) is 24.5 Å². The van der Waals surface area contributed by atoms with Crippen LogP contribution < -0.4 is 15.4 Å². The van der Waals surface area contributed by atoms with Gasteiger partial charge in [0.25, 0.3) is 0 Å². The van der Waals surface area contributed by atoms with Gasteiger partial charge >= 0.3 is 0 Å². The van der Waals surface area contributed by atoms with Gasteiger partial charge < -0.3 is 20.5 Å². The minimum atomic E-state index is 0.282. The number of fused-ring (bicyclic) bond motifs is 1. The van der Waals surface area contributed by atoms with Crippen molar-refractivity contribution < 1.29 is 9.84 Å². The van der Waals surface area contributed by atoms with Crippen LogP contribution in [0.4, 0.5) is 5.69 Å². The van der Waals surface area contributed by atoms with E-state index in [0.717, 1.165) is 50.3 Å². The van der Waals surface area contributed by atoms with Crippen LogP contribution in [-0.2, 0) is 12.8 Å². The summed E-state index contributed by atoms with van der Waals surface area (Å²) in [6.07, 6.45) is 3.28. The summed E-state index contributed by atoms with van der Waals surface area (Å²) in [7, 11) is 0. The molecule has 0 bridgehead atoms. The van der Waals surface area contributed by atoms with Gasteiger partial charge in [0.05, 0.1) is 12.2 Å². The van der Waals surface area contributed by atoms with E-state index in [1.165, 1.54) is 11.1 Å². The number of hydrogen-bond donors (Lipinski definition) is 3. The molecule has 1 heterocycles. The highest BCUT2D eigenvalue weighted by Gasteiger charge is 2.17. The first-order valence-electron chi connectivity index (χ1n) is 8.76. The monoisotopic (exact) mass is 326 g/mol. The third-order valence-electron chi connectivity index (χ3n) is 4.43. The third-order valence-corrected chi connectivity index (χ3v) is 4.43. The van der Waals surface area contributed by atoms with Gasteiger partial charge in [-0.2, -0.15) is 0 Å². The van der Waals surface area contributed by atoms with Crippen molar-refractivity contribution in [3.05, 3.63) is 53.6 Å². The molecule has 2 aromatic carbocycles. The minimum Gasteiger partial charge on any atom is -0.508 e. The first-order chi connectivity index (χ1) is 11.7. The van der Waals surface area contributed by atoms with Crippen molar-refractivity contribution in [2.45, 2.75) is 32.3 Å². The van der Waals surface area contributed by atoms with Crippen molar-refractivity contribution in [2.24, 2.45) is 0 Å². The van der Waals surface area contributed by atoms with E-state index < -0.39 is 0 Å². The second-order valence-corrected chi connectivity index (χ2v) is 6.28. The molecule has 128 valence electrons. The number of benzene rings is 2. The van der Waals surface area contributed by atoms with Gasteiger partial charge in [-0.1, -0.05) is 25.1 Å². The number of nitrogens with one attached hydrogen (secondary N) is 2. The molecule has 1 unspecified atom stereocenters. The summed E-state index contributed by atoms with van der Waals surface area (Å²) < 4.78 is 5.94. The standard InChI is InChI=1S/C20H26N2O2/c1-2-18-14-22-19-13-16(5-8-20(19)24-18)10-12-21-11-9-15-3-6-17(23)7-4-15/h3-8,13,18,21-23H,2,9-12,14H2,1H3. The van der Waals surface area contributed by atoms with E-state index in [1.807, 2.05) is 12.1 Å². The van der Waals surface area contributed by atoms with Crippen LogP contribution >= 0.6 is 0 Å². The summed E-state index contributed by atoms with van der Waals surface area (Å²) in [5.74, 6) is 1.29. The maximum atomic E-state index is 9.28. The normalized spacial score (nSPS) is 16.1. The Hall–Kier alpha value is -2.20. The van der Waals surface area contributed by atoms with Crippen molar-refractivity contribution in [3.63, 3.8) is 0 Å². The van der Waals surface area contributed by atoms with Gasteiger partial charge in [0, 0.05) is 0 Å². The number of phenols is 1. The Labute approximate surface area is 143 Å². The zero-order chi connectivity index (χ0) is 16.8. The van der Waals surface area contributed by atoms with Crippen molar-refractivity contribution in [2.75, 3.05) is 25.0 Å². The Balaban J connectivity index is 1.41. The van der Waals surface area contributed by atoms with E-state index in [1.54, 1.807) is 12.1 Å². The van der Waals surface area contributed by atoms with Crippen molar-refractivity contribution in [1.29, 1.82) is 0 Å².